The summed E-state index contributed by atoms with van der Waals surface area (Å²) in [6.45, 7) is 5.76. The number of piperazine rings is 1. The summed E-state index contributed by atoms with van der Waals surface area (Å²) in [6.07, 6.45) is 0.0492. The standard InChI is InChI=1S/C19H23FN4O3/c1-13-11-17(27-22-13)21-19(26)14(2)23-7-9-24(10-8-23)18(25)12-15-5-3-4-6-16(15)20/h3-6,11,14H,7-10,12H2,1-2H3,(H,21,26). The molecule has 2 heterocycles. The molecule has 1 atom stereocenters. The monoisotopic (exact) mass is 374 g/mol. The Balaban J connectivity index is 1.49. The van der Waals surface area contributed by atoms with Gasteiger partial charge in [-0.05, 0) is 25.5 Å². The largest absolute Gasteiger partial charge is 0.340 e. The van der Waals surface area contributed by atoms with E-state index in [0.717, 1.165) is 0 Å². The topological polar surface area (TPSA) is 78.7 Å². The maximum atomic E-state index is 13.7. The number of halogens is 1. The number of amides is 2. The molecule has 2 aromatic rings. The van der Waals surface area contributed by atoms with Gasteiger partial charge in [-0.1, -0.05) is 23.4 Å². The first kappa shape index (κ1) is 19.0. The number of carbonyl (C=O) groups excluding carboxylic acids is 2. The molecule has 0 radical (unpaired) electrons. The second-order valence-electron chi connectivity index (χ2n) is 6.68. The number of nitrogens with zero attached hydrogens (tertiary/aromatic N) is 3. The summed E-state index contributed by atoms with van der Waals surface area (Å²) in [5.41, 5.74) is 1.10. The molecule has 2 amide bonds. The molecule has 144 valence electrons. The molecule has 0 bridgehead atoms. The molecule has 1 unspecified atom stereocenters. The highest BCUT2D eigenvalue weighted by Crippen LogP contribution is 2.14. The maximum Gasteiger partial charge on any atom is 0.243 e. The molecule has 1 aliphatic heterocycles. The summed E-state index contributed by atoms with van der Waals surface area (Å²) >= 11 is 0. The molecule has 0 aliphatic carbocycles. The molecule has 0 spiro atoms. The number of aromatic nitrogens is 1. The van der Waals surface area contributed by atoms with Crippen molar-refractivity contribution in [3.8, 4) is 0 Å². The molecule has 1 aliphatic rings. The number of carbonyl (C=O) groups is 2. The number of anilines is 1. The Hall–Kier alpha value is -2.74. The lowest BCUT2D eigenvalue weighted by Crippen LogP contribution is -2.54. The molecule has 1 N–H and O–H groups in total. The lowest BCUT2D eigenvalue weighted by Gasteiger charge is -2.37. The quantitative estimate of drug-likeness (QED) is 0.864. The van der Waals surface area contributed by atoms with Gasteiger partial charge in [-0.3, -0.25) is 19.8 Å². The summed E-state index contributed by atoms with van der Waals surface area (Å²) in [4.78, 5) is 28.5. The van der Waals surface area contributed by atoms with Crippen LogP contribution in [0.2, 0.25) is 0 Å². The van der Waals surface area contributed by atoms with Gasteiger partial charge in [0.25, 0.3) is 0 Å². The maximum absolute atomic E-state index is 13.7. The fourth-order valence-corrected chi connectivity index (χ4v) is 3.09. The van der Waals surface area contributed by atoms with Crippen molar-refractivity contribution in [2.24, 2.45) is 0 Å². The van der Waals surface area contributed by atoms with Crippen molar-refractivity contribution in [3.63, 3.8) is 0 Å². The number of aryl methyl sites for hydroxylation is 1. The van der Waals surface area contributed by atoms with Crippen LogP contribution in [-0.2, 0) is 16.0 Å². The van der Waals surface area contributed by atoms with Gasteiger partial charge in [0.05, 0.1) is 18.2 Å². The van der Waals surface area contributed by atoms with E-state index in [1.165, 1.54) is 6.07 Å². The van der Waals surface area contributed by atoms with E-state index in [4.69, 9.17) is 4.52 Å². The average molecular weight is 374 g/mol. The van der Waals surface area contributed by atoms with Gasteiger partial charge in [0.15, 0.2) is 0 Å². The van der Waals surface area contributed by atoms with E-state index in [9.17, 15) is 14.0 Å². The fourth-order valence-electron chi connectivity index (χ4n) is 3.09. The summed E-state index contributed by atoms with van der Waals surface area (Å²) < 4.78 is 18.7. The van der Waals surface area contributed by atoms with Gasteiger partial charge in [-0.25, -0.2) is 4.39 Å². The van der Waals surface area contributed by atoms with E-state index in [0.29, 0.717) is 43.3 Å². The summed E-state index contributed by atoms with van der Waals surface area (Å²) in [6, 6.07) is 7.61. The van der Waals surface area contributed by atoms with Crippen LogP contribution in [-0.4, -0.2) is 59.0 Å². The van der Waals surface area contributed by atoms with Crippen LogP contribution in [0, 0.1) is 12.7 Å². The van der Waals surface area contributed by atoms with E-state index in [-0.39, 0.29) is 30.1 Å². The van der Waals surface area contributed by atoms with Crippen molar-refractivity contribution in [1.82, 2.24) is 15.0 Å². The van der Waals surface area contributed by atoms with Crippen LogP contribution in [0.25, 0.3) is 0 Å². The molecule has 1 aromatic carbocycles. The minimum absolute atomic E-state index is 0.0492. The van der Waals surface area contributed by atoms with Crippen molar-refractivity contribution >= 4 is 17.7 Å². The highest BCUT2D eigenvalue weighted by molar-refractivity contribution is 5.93. The fraction of sp³-hybridized carbons (Fsp3) is 0.421. The number of rotatable bonds is 5. The van der Waals surface area contributed by atoms with E-state index < -0.39 is 0 Å². The third-order valence-corrected chi connectivity index (χ3v) is 4.77. The van der Waals surface area contributed by atoms with Gasteiger partial charge in [0.2, 0.25) is 17.7 Å². The van der Waals surface area contributed by atoms with Crippen LogP contribution in [0.15, 0.2) is 34.9 Å². The zero-order chi connectivity index (χ0) is 19.4. The smallest absolute Gasteiger partial charge is 0.243 e. The third-order valence-electron chi connectivity index (χ3n) is 4.77. The van der Waals surface area contributed by atoms with Crippen LogP contribution >= 0.6 is 0 Å². The Morgan fingerprint density at radius 2 is 1.96 bits per heavy atom. The summed E-state index contributed by atoms with van der Waals surface area (Å²) in [5, 5.41) is 6.44. The SMILES string of the molecule is Cc1cc(NC(=O)C(C)N2CCN(C(=O)Cc3ccccc3F)CC2)on1. The molecule has 1 fully saturated rings. The van der Waals surface area contributed by atoms with Crippen LogP contribution in [0.1, 0.15) is 18.2 Å². The van der Waals surface area contributed by atoms with Crippen molar-refractivity contribution in [1.29, 1.82) is 0 Å². The molecule has 3 rings (SSSR count). The Labute approximate surface area is 157 Å². The van der Waals surface area contributed by atoms with E-state index in [1.807, 2.05) is 11.8 Å². The van der Waals surface area contributed by atoms with Gasteiger partial charge in [-0.15, -0.1) is 0 Å². The first-order valence-corrected chi connectivity index (χ1v) is 8.93. The normalized spacial score (nSPS) is 16.2. The second-order valence-corrected chi connectivity index (χ2v) is 6.68. The van der Waals surface area contributed by atoms with E-state index >= 15 is 0 Å². The highest BCUT2D eigenvalue weighted by atomic mass is 19.1. The molecule has 0 saturated carbocycles. The molecule has 7 nitrogen and oxygen atoms in total. The Bertz CT molecular complexity index is 815. The van der Waals surface area contributed by atoms with E-state index in [1.54, 1.807) is 36.1 Å². The molecule has 27 heavy (non-hydrogen) atoms. The van der Waals surface area contributed by atoms with Crippen molar-refractivity contribution < 1.29 is 18.5 Å². The number of hydrogen-bond acceptors (Lipinski definition) is 5. The molecule has 1 aromatic heterocycles. The number of hydrogen-bond donors (Lipinski definition) is 1. The van der Waals surface area contributed by atoms with Crippen LogP contribution in [0.4, 0.5) is 10.3 Å². The predicted molar refractivity (Wildman–Crippen MR) is 97.6 cm³/mol. The molecule has 1 saturated heterocycles. The van der Waals surface area contributed by atoms with Gasteiger partial charge in [-0.2, -0.15) is 0 Å². The first-order chi connectivity index (χ1) is 12.9. The van der Waals surface area contributed by atoms with Crippen LogP contribution < -0.4 is 5.32 Å². The van der Waals surface area contributed by atoms with Gasteiger partial charge in [0, 0.05) is 32.2 Å². The highest BCUT2D eigenvalue weighted by Gasteiger charge is 2.28. The minimum Gasteiger partial charge on any atom is -0.340 e. The number of benzene rings is 1. The van der Waals surface area contributed by atoms with Gasteiger partial charge >= 0.3 is 0 Å². The average Bonchev–Trinajstić information content (AvgIpc) is 3.07. The Kier molecular flexibility index (Phi) is 5.85. The lowest BCUT2D eigenvalue weighted by molar-refractivity contribution is -0.133. The minimum atomic E-state index is -0.363. The third kappa shape index (κ3) is 4.71. The van der Waals surface area contributed by atoms with Gasteiger partial charge < -0.3 is 9.42 Å². The first-order valence-electron chi connectivity index (χ1n) is 8.93. The molecule has 8 heteroatoms. The van der Waals surface area contributed by atoms with Crippen LogP contribution in [0.3, 0.4) is 0 Å². The zero-order valence-electron chi connectivity index (χ0n) is 15.4. The molecular formula is C19H23FN4O3. The number of nitrogens with one attached hydrogen (secondary N) is 1. The molecular weight excluding hydrogens is 351 g/mol. The predicted octanol–water partition coefficient (Wildman–Crippen LogP) is 1.84. The zero-order valence-corrected chi connectivity index (χ0v) is 15.4. The summed E-state index contributed by atoms with van der Waals surface area (Å²) in [7, 11) is 0. The Morgan fingerprint density at radius 1 is 1.26 bits per heavy atom. The van der Waals surface area contributed by atoms with Crippen LogP contribution in [0.5, 0.6) is 0 Å². The van der Waals surface area contributed by atoms with Crippen molar-refractivity contribution in [2.45, 2.75) is 26.3 Å². The Morgan fingerprint density at radius 3 is 2.59 bits per heavy atom. The van der Waals surface area contributed by atoms with Crippen molar-refractivity contribution in [3.05, 3.63) is 47.4 Å². The summed E-state index contributed by atoms with van der Waals surface area (Å²) in [5.74, 6) is -0.327. The van der Waals surface area contributed by atoms with Crippen molar-refractivity contribution in [2.75, 3.05) is 31.5 Å². The van der Waals surface area contributed by atoms with Gasteiger partial charge in [0.1, 0.15) is 5.82 Å². The lowest BCUT2D eigenvalue weighted by atomic mass is 10.1. The second kappa shape index (κ2) is 8.30. The van der Waals surface area contributed by atoms with E-state index in [2.05, 4.69) is 10.5 Å².